The first-order chi connectivity index (χ1) is 12.9. The summed E-state index contributed by atoms with van der Waals surface area (Å²) >= 11 is 6.09. The van der Waals surface area contributed by atoms with E-state index in [0.717, 1.165) is 24.2 Å². The third-order valence-electron chi connectivity index (χ3n) is 5.53. The lowest BCUT2D eigenvalue weighted by atomic mass is 9.70. The number of nitrogens with zero attached hydrogens (tertiary/aromatic N) is 1. The van der Waals surface area contributed by atoms with Crippen LogP contribution in [0, 0.1) is 11.7 Å². The average Bonchev–Trinajstić information content (AvgIpc) is 2.67. The largest absolute Gasteiger partial charge is 0.384 e. The van der Waals surface area contributed by atoms with Crippen LogP contribution in [0.2, 0.25) is 5.02 Å². The second-order valence-corrected chi connectivity index (χ2v) is 7.94. The first-order valence-corrected chi connectivity index (χ1v) is 9.83. The van der Waals surface area contributed by atoms with Crippen molar-refractivity contribution in [1.29, 1.82) is 0 Å². The van der Waals surface area contributed by atoms with Gasteiger partial charge in [0, 0.05) is 30.6 Å². The lowest BCUT2D eigenvalue weighted by Gasteiger charge is -2.43. The molecular formula is C22H28Cl2FNO2. The Balaban J connectivity index is 0.00000280. The summed E-state index contributed by atoms with van der Waals surface area (Å²) in [6.07, 6.45) is 0. The molecule has 1 aliphatic rings. The van der Waals surface area contributed by atoms with Gasteiger partial charge < -0.3 is 9.84 Å². The second kappa shape index (κ2) is 10.0. The van der Waals surface area contributed by atoms with Gasteiger partial charge in [-0.1, -0.05) is 49.7 Å². The van der Waals surface area contributed by atoms with E-state index in [2.05, 4.69) is 4.90 Å². The number of benzene rings is 2. The van der Waals surface area contributed by atoms with Crippen LogP contribution in [-0.2, 0) is 10.3 Å². The Morgan fingerprint density at radius 2 is 1.64 bits per heavy atom. The molecule has 0 spiro atoms. The van der Waals surface area contributed by atoms with Crippen molar-refractivity contribution in [2.24, 2.45) is 5.92 Å². The van der Waals surface area contributed by atoms with E-state index in [1.165, 1.54) is 12.1 Å². The molecule has 0 amide bonds. The van der Waals surface area contributed by atoms with Crippen molar-refractivity contribution in [1.82, 2.24) is 4.90 Å². The molecule has 28 heavy (non-hydrogen) atoms. The van der Waals surface area contributed by atoms with Crippen molar-refractivity contribution in [3.63, 3.8) is 0 Å². The summed E-state index contributed by atoms with van der Waals surface area (Å²) in [5.74, 6) is -0.552. The summed E-state index contributed by atoms with van der Waals surface area (Å²) < 4.78 is 19.0. The Hall–Kier alpha value is -1.17. The first-order valence-electron chi connectivity index (χ1n) is 9.45. The molecular weight excluding hydrogens is 400 g/mol. The summed E-state index contributed by atoms with van der Waals surface area (Å²) in [4.78, 5) is 2.32. The van der Waals surface area contributed by atoms with E-state index < -0.39 is 5.60 Å². The summed E-state index contributed by atoms with van der Waals surface area (Å²) in [6, 6.07) is 13.9. The van der Waals surface area contributed by atoms with Crippen LogP contribution in [0.15, 0.2) is 48.5 Å². The summed E-state index contributed by atoms with van der Waals surface area (Å²) in [7, 11) is 0. The number of morpholine rings is 1. The Labute approximate surface area is 177 Å². The molecule has 1 saturated heterocycles. The molecule has 0 aliphatic carbocycles. The molecule has 2 aromatic carbocycles. The number of hydrogen-bond donors (Lipinski definition) is 1. The van der Waals surface area contributed by atoms with Crippen LogP contribution in [0.5, 0.6) is 0 Å². The molecule has 6 heteroatoms. The number of rotatable bonds is 6. The van der Waals surface area contributed by atoms with Crippen LogP contribution in [-0.4, -0.2) is 42.9 Å². The van der Waals surface area contributed by atoms with Crippen LogP contribution in [0.25, 0.3) is 0 Å². The zero-order chi connectivity index (χ0) is 19.4. The smallest absolute Gasteiger partial charge is 0.123 e. The van der Waals surface area contributed by atoms with Gasteiger partial charge in [0.1, 0.15) is 5.82 Å². The Kier molecular flexibility index (Phi) is 8.29. The SMILES string of the molecule is CC(C)C(O)(c1ccc(F)cc1)C(CN1CCOCC1)c1ccc(Cl)cc1.Cl. The van der Waals surface area contributed by atoms with Gasteiger partial charge in [0.2, 0.25) is 0 Å². The van der Waals surface area contributed by atoms with Gasteiger partial charge in [0.05, 0.1) is 18.8 Å². The van der Waals surface area contributed by atoms with Crippen molar-refractivity contribution in [2.75, 3.05) is 32.8 Å². The van der Waals surface area contributed by atoms with Crippen LogP contribution in [0.4, 0.5) is 4.39 Å². The van der Waals surface area contributed by atoms with Gasteiger partial charge in [-0.2, -0.15) is 0 Å². The van der Waals surface area contributed by atoms with Gasteiger partial charge in [0.25, 0.3) is 0 Å². The van der Waals surface area contributed by atoms with E-state index >= 15 is 0 Å². The van der Waals surface area contributed by atoms with Crippen molar-refractivity contribution in [2.45, 2.75) is 25.4 Å². The zero-order valence-corrected chi connectivity index (χ0v) is 17.8. The highest BCUT2D eigenvalue weighted by atomic mass is 35.5. The fraction of sp³-hybridized carbons (Fsp3) is 0.455. The Bertz CT molecular complexity index is 733. The van der Waals surface area contributed by atoms with Crippen molar-refractivity contribution in [3.05, 3.63) is 70.5 Å². The van der Waals surface area contributed by atoms with E-state index in [4.69, 9.17) is 16.3 Å². The first kappa shape index (κ1) is 23.1. The predicted octanol–water partition coefficient (Wildman–Crippen LogP) is 4.86. The molecule has 154 valence electrons. The molecule has 1 heterocycles. The number of ether oxygens (including phenoxy) is 1. The molecule has 3 rings (SSSR count). The third-order valence-corrected chi connectivity index (χ3v) is 5.79. The molecule has 0 radical (unpaired) electrons. The molecule has 2 aromatic rings. The van der Waals surface area contributed by atoms with Crippen molar-refractivity contribution < 1.29 is 14.2 Å². The highest BCUT2D eigenvalue weighted by Gasteiger charge is 2.43. The number of halogens is 3. The summed E-state index contributed by atoms with van der Waals surface area (Å²) in [5.41, 5.74) is 0.610. The third kappa shape index (κ3) is 5.05. The standard InChI is InChI=1S/C22H27ClFNO2.ClH/c1-16(2)22(26,18-5-9-20(24)10-6-18)21(15-25-11-13-27-14-12-25)17-3-7-19(23)8-4-17;/h3-10,16,21,26H,11-15H2,1-2H3;1H. The van der Waals surface area contributed by atoms with Gasteiger partial charge in [-0.15, -0.1) is 12.4 Å². The Morgan fingerprint density at radius 3 is 2.18 bits per heavy atom. The maximum atomic E-state index is 13.5. The molecule has 1 fully saturated rings. The lowest BCUT2D eigenvalue weighted by Crippen LogP contribution is -2.47. The topological polar surface area (TPSA) is 32.7 Å². The fourth-order valence-corrected chi connectivity index (χ4v) is 4.02. The molecule has 0 aromatic heterocycles. The number of hydrogen-bond acceptors (Lipinski definition) is 3. The molecule has 0 saturated carbocycles. The fourth-order valence-electron chi connectivity index (χ4n) is 3.89. The average molecular weight is 428 g/mol. The highest BCUT2D eigenvalue weighted by molar-refractivity contribution is 6.30. The second-order valence-electron chi connectivity index (χ2n) is 7.50. The minimum atomic E-state index is -1.14. The van der Waals surface area contributed by atoms with Gasteiger partial charge in [-0.3, -0.25) is 4.90 Å². The van der Waals surface area contributed by atoms with Crippen molar-refractivity contribution in [3.8, 4) is 0 Å². The minimum absolute atomic E-state index is 0. The maximum Gasteiger partial charge on any atom is 0.123 e. The van der Waals surface area contributed by atoms with E-state index in [0.29, 0.717) is 24.8 Å². The van der Waals surface area contributed by atoms with Crippen molar-refractivity contribution >= 4 is 24.0 Å². The van der Waals surface area contributed by atoms with Gasteiger partial charge in [0.15, 0.2) is 0 Å². The van der Waals surface area contributed by atoms with Crippen LogP contribution >= 0.6 is 24.0 Å². The van der Waals surface area contributed by atoms with Gasteiger partial charge >= 0.3 is 0 Å². The van der Waals surface area contributed by atoms with Crippen LogP contribution in [0.1, 0.15) is 30.9 Å². The molecule has 2 atom stereocenters. The monoisotopic (exact) mass is 427 g/mol. The predicted molar refractivity (Wildman–Crippen MR) is 114 cm³/mol. The number of aliphatic hydroxyl groups is 1. The molecule has 3 nitrogen and oxygen atoms in total. The molecule has 1 aliphatic heterocycles. The van der Waals surface area contributed by atoms with E-state index in [9.17, 15) is 9.50 Å². The molecule has 2 unspecified atom stereocenters. The molecule has 1 N–H and O–H groups in total. The van der Waals surface area contributed by atoms with E-state index in [1.54, 1.807) is 12.1 Å². The maximum absolute atomic E-state index is 13.5. The Morgan fingerprint density at radius 1 is 1.07 bits per heavy atom. The van der Waals surface area contributed by atoms with Gasteiger partial charge in [-0.05, 0) is 41.3 Å². The minimum Gasteiger partial charge on any atom is -0.384 e. The molecule has 0 bridgehead atoms. The van der Waals surface area contributed by atoms with Gasteiger partial charge in [-0.25, -0.2) is 4.39 Å². The quantitative estimate of drug-likeness (QED) is 0.714. The van der Waals surface area contributed by atoms with Crippen LogP contribution in [0.3, 0.4) is 0 Å². The summed E-state index contributed by atoms with van der Waals surface area (Å²) in [6.45, 7) is 7.77. The van der Waals surface area contributed by atoms with Crippen LogP contribution < -0.4 is 0 Å². The normalized spacial score (nSPS) is 18.4. The lowest BCUT2D eigenvalue weighted by molar-refractivity contribution is -0.0548. The van der Waals surface area contributed by atoms with E-state index in [1.807, 2.05) is 38.1 Å². The highest BCUT2D eigenvalue weighted by Crippen LogP contribution is 2.43. The van der Waals surface area contributed by atoms with E-state index in [-0.39, 0.29) is 30.1 Å². The zero-order valence-electron chi connectivity index (χ0n) is 16.3. The summed E-state index contributed by atoms with van der Waals surface area (Å²) in [5, 5.41) is 12.6.